The molecule has 0 aromatic carbocycles. The van der Waals surface area contributed by atoms with Gasteiger partial charge in [0.05, 0.1) is 18.9 Å². The Hall–Kier alpha value is -1.06. The van der Waals surface area contributed by atoms with E-state index < -0.39 is 11.9 Å². The van der Waals surface area contributed by atoms with Crippen molar-refractivity contribution in [2.45, 2.75) is 25.7 Å². The monoisotopic (exact) mass is 224 g/mol. The molecule has 3 rings (SSSR count). The second-order valence-electron chi connectivity index (χ2n) is 5.44. The van der Waals surface area contributed by atoms with Gasteiger partial charge in [0.1, 0.15) is 0 Å². The number of carbonyl (C=O) groups excluding carboxylic acids is 1. The van der Waals surface area contributed by atoms with Crippen molar-refractivity contribution < 1.29 is 19.4 Å². The Labute approximate surface area is 94.0 Å². The molecule has 0 radical (unpaired) electrons. The molecule has 2 bridgehead atoms. The molecule has 4 heteroatoms. The van der Waals surface area contributed by atoms with Gasteiger partial charge in [-0.1, -0.05) is 0 Å². The Morgan fingerprint density at radius 1 is 1.19 bits per heavy atom. The summed E-state index contributed by atoms with van der Waals surface area (Å²) in [5, 5.41) is 9.30. The highest BCUT2D eigenvalue weighted by Crippen LogP contribution is 2.74. The first-order valence-electron chi connectivity index (χ1n) is 5.92. The molecule has 4 atom stereocenters. The molecule has 3 saturated carbocycles. The summed E-state index contributed by atoms with van der Waals surface area (Å²) >= 11 is 0. The number of rotatable bonds is 2. The summed E-state index contributed by atoms with van der Waals surface area (Å²) in [5.74, 6) is -1.51. The van der Waals surface area contributed by atoms with Crippen molar-refractivity contribution in [3.8, 4) is 0 Å². The first kappa shape index (κ1) is 10.1. The third-order valence-electron chi connectivity index (χ3n) is 5.11. The van der Waals surface area contributed by atoms with E-state index in [1.165, 1.54) is 7.11 Å². The summed E-state index contributed by atoms with van der Waals surface area (Å²) in [5.41, 5.74) is 0.196. The van der Waals surface area contributed by atoms with Crippen LogP contribution in [0.1, 0.15) is 25.7 Å². The van der Waals surface area contributed by atoms with Gasteiger partial charge in [-0.2, -0.15) is 0 Å². The molecule has 0 heterocycles. The minimum atomic E-state index is -0.811. The van der Waals surface area contributed by atoms with Crippen LogP contribution in [-0.2, 0) is 14.3 Å². The van der Waals surface area contributed by atoms with Crippen LogP contribution >= 0.6 is 0 Å². The number of carbonyl (C=O) groups is 2. The highest BCUT2D eigenvalue weighted by molar-refractivity contribution is 5.83. The third-order valence-corrected chi connectivity index (χ3v) is 5.11. The van der Waals surface area contributed by atoms with Gasteiger partial charge in [-0.3, -0.25) is 9.59 Å². The number of carboxylic acid groups (broad SMARTS) is 1. The Morgan fingerprint density at radius 2 is 1.75 bits per heavy atom. The molecule has 0 amide bonds. The number of hydrogen-bond donors (Lipinski definition) is 1. The van der Waals surface area contributed by atoms with Crippen molar-refractivity contribution >= 4 is 11.9 Å². The third kappa shape index (κ3) is 1.00. The molecule has 0 saturated heterocycles. The molecular formula is C12H16O4. The Bertz CT molecular complexity index is 358. The molecule has 1 N–H and O–H groups in total. The van der Waals surface area contributed by atoms with Gasteiger partial charge in [0.2, 0.25) is 0 Å². The smallest absolute Gasteiger partial charge is 0.309 e. The standard InChI is InChI=1S/C12H16O4/c1-16-11(15)9-7-3-2-6(8(9)10(13)14)12(7)4-5-12/h6-9H,2-5H2,1H3,(H,13,14)/t6-,7+,8+,9+/m0/s1. The maximum Gasteiger partial charge on any atom is 0.309 e. The molecule has 88 valence electrons. The van der Waals surface area contributed by atoms with Crippen molar-refractivity contribution in [1.29, 1.82) is 0 Å². The normalized spacial score (nSPS) is 42.3. The number of hydrogen-bond acceptors (Lipinski definition) is 3. The van der Waals surface area contributed by atoms with E-state index in [0.717, 1.165) is 25.7 Å². The number of esters is 1. The van der Waals surface area contributed by atoms with E-state index in [4.69, 9.17) is 4.74 Å². The van der Waals surface area contributed by atoms with Crippen LogP contribution in [-0.4, -0.2) is 24.2 Å². The van der Waals surface area contributed by atoms with Crippen LogP contribution in [0.15, 0.2) is 0 Å². The minimum absolute atomic E-state index is 0.196. The number of aliphatic carboxylic acids is 1. The molecule has 0 aromatic heterocycles. The first-order chi connectivity index (χ1) is 7.62. The molecule has 0 aromatic rings. The second kappa shape index (κ2) is 2.99. The van der Waals surface area contributed by atoms with E-state index in [2.05, 4.69) is 0 Å². The lowest BCUT2D eigenvalue weighted by Crippen LogP contribution is -2.35. The Morgan fingerprint density at radius 3 is 2.19 bits per heavy atom. The maximum atomic E-state index is 11.7. The number of carboxylic acids is 1. The van der Waals surface area contributed by atoms with Gasteiger partial charge >= 0.3 is 11.9 Å². The van der Waals surface area contributed by atoms with Crippen LogP contribution in [0.5, 0.6) is 0 Å². The predicted octanol–water partition coefficient (Wildman–Crippen LogP) is 1.30. The predicted molar refractivity (Wildman–Crippen MR) is 54.5 cm³/mol. The molecular weight excluding hydrogens is 208 g/mol. The zero-order valence-corrected chi connectivity index (χ0v) is 9.31. The highest BCUT2D eigenvalue weighted by atomic mass is 16.5. The van der Waals surface area contributed by atoms with Gasteiger partial charge in [-0.05, 0) is 42.9 Å². The van der Waals surface area contributed by atoms with Crippen LogP contribution in [0.2, 0.25) is 0 Å². The number of ether oxygens (including phenoxy) is 1. The minimum Gasteiger partial charge on any atom is -0.481 e. The lowest BCUT2D eigenvalue weighted by atomic mass is 9.79. The van der Waals surface area contributed by atoms with E-state index in [-0.39, 0.29) is 29.1 Å². The van der Waals surface area contributed by atoms with Crippen molar-refractivity contribution in [3.05, 3.63) is 0 Å². The fourth-order valence-corrected chi connectivity index (χ4v) is 4.44. The van der Waals surface area contributed by atoms with Gasteiger partial charge in [-0.25, -0.2) is 0 Å². The lowest BCUT2D eigenvalue weighted by molar-refractivity contribution is -0.158. The van der Waals surface area contributed by atoms with Crippen molar-refractivity contribution in [3.63, 3.8) is 0 Å². The van der Waals surface area contributed by atoms with E-state index >= 15 is 0 Å². The van der Waals surface area contributed by atoms with E-state index in [0.29, 0.717) is 0 Å². The summed E-state index contributed by atoms with van der Waals surface area (Å²) in [6.07, 6.45) is 4.21. The Balaban J connectivity index is 1.97. The molecule has 3 aliphatic carbocycles. The highest BCUT2D eigenvalue weighted by Gasteiger charge is 2.72. The zero-order valence-electron chi connectivity index (χ0n) is 9.31. The summed E-state index contributed by atoms with van der Waals surface area (Å²) in [6.45, 7) is 0. The molecule has 1 spiro atoms. The molecule has 3 aliphatic rings. The van der Waals surface area contributed by atoms with Gasteiger partial charge in [0, 0.05) is 0 Å². The fourth-order valence-electron chi connectivity index (χ4n) is 4.44. The van der Waals surface area contributed by atoms with Crippen LogP contribution in [0, 0.1) is 29.1 Å². The molecule has 3 fully saturated rings. The summed E-state index contributed by atoms with van der Waals surface area (Å²) in [4.78, 5) is 23.1. The van der Waals surface area contributed by atoms with Crippen molar-refractivity contribution in [2.75, 3.05) is 7.11 Å². The second-order valence-corrected chi connectivity index (χ2v) is 5.44. The largest absolute Gasteiger partial charge is 0.481 e. The summed E-state index contributed by atoms with van der Waals surface area (Å²) in [7, 11) is 1.35. The molecule has 0 aliphatic heterocycles. The maximum absolute atomic E-state index is 11.7. The van der Waals surface area contributed by atoms with Gasteiger partial charge in [0.25, 0.3) is 0 Å². The van der Waals surface area contributed by atoms with Crippen LogP contribution < -0.4 is 0 Å². The topological polar surface area (TPSA) is 63.6 Å². The fraction of sp³-hybridized carbons (Fsp3) is 0.833. The van der Waals surface area contributed by atoms with Gasteiger partial charge in [-0.15, -0.1) is 0 Å². The van der Waals surface area contributed by atoms with Gasteiger partial charge in [0.15, 0.2) is 0 Å². The number of methoxy groups -OCH3 is 1. The molecule has 16 heavy (non-hydrogen) atoms. The summed E-state index contributed by atoms with van der Waals surface area (Å²) < 4.78 is 4.79. The quantitative estimate of drug-likeness (QED) is 0.718. The first-order valence-corrected chi connectivity index (χ1v) is 5.92. The molecule has 0 unspecified atom stereocenters. The average Bonchev–Trinajstić information content (AvgIpc) is 2.92. The molecule has 4 nitrogen and oxygen atoms in total. The SMILES string of the molecule is COC(=O)[C@H]1[C@H](C(=O)O)[C@@H]2CC[C@H]1C21CC1. The van der Waals surface area contributed by atoms with E-state index in [1.54, 1.807) is 0 Å². The van der Waals surface area contributed by atoms with Crippen molar-refractivity contribution in [1.82, 2.24) is 0 Å². The summed E-state index contributed by atoms with van der Waals surface area (Å²) in [6, 6.07) is 0. The lowest BCUT2D eigenvalue weighted by Gasteiger charge is -2.25. The van der Waals surface area contributed by atoms with Crippen LogP contribution in [0.3, 0.4) is 0 Å². The van der Waals surface area contributed by atoms with Crippen LogP contribution in [0.4, 0.5) is 0 Å². The van der Waals surface area contributed by atoms with Crippen LogP contribution in [0.25, 0.3) is 0 Å². The van der Waals surface area contributed by atoms with Gasteiger partial charge < -0.3 is 9.84 Å². The zero-order chi connectivity index (χ0) is 11.5. The van der Waals surface area contributed by atoms with Crippen molar-refractivity contribution in [2.24, 2.45) is 29.1 Å². The van der Waals surface area contributed by atoms with E-state index in [9.17, 15) is 14.7 Å². The van der Waals surface area contributed by atoms with E-state index in [1.807, 2.05) is 0 Å². The average molecular weight is 224 g/mol. The Kier molecular flexibility index (Phi) is 1.89.